The predicted molar refractivity (Wildman–Crippen MR) is 61.7 cm³/mol. The van der Waals surface area contributed by atoms with Crippen LogP contribution in [-0.2, 0) is 7.05 Å². The molecule has 2 aromatic heterocycles. The van der Waals surface area contributed by atoms with Gasteiger partial charge in [0.15, 0.2) is 12.4 Å². The lowest BCUT2D eigenvalue weighted by molar-refractivity contribution is -0.670. The van der Waals surface area contributed by atoms with Crippen LogP contribution in [0, 0.1) is 6.92 Å². The van der Waals surface area contributed by atoms with Gasteiger partial charge in [-0.3, -0.25) is 0 Å². The van der Waals surface area contributed by atoms with Gasteiger partial charge < -0.3 is 4.98 Å². The molecule has 0 unspecified atom stereocenters. The highest BCUT2D eigenvalue weighted by atomic mass is 14.9. The second-order valence-electron chi connectivity index (χ2n) is 4.11. The molecular weight excluding hydrogens is 184 g/mol. The SMILES string of the molecule is Cc1ccc2[nH]c3c[n+](C)ccc3c2c1. The topological polar surface area (TPSA) is 19.7 Å². The molecule has 3 rings (SSSR count). The zero-order valence-electron chi connectivity index (χ0n) is 8.91. The number of pyridine rings is 1. The Hall–Kier alpha value is -1.83. The lowest BCUT2D eigenvalue weighted by Crippen LogP contribution is -2.25. The quantitative estimate of drug-likeness (QED) is 0.534. The zero-order valence-corrected chi connectivity index (χ0v) is 8.91. The van der Waals surface area contributed by atoms with Crippen molar-refractivity contribution in [2.45, 2.75) is 6.92 Å². The van der Waals surface area contributed by atoms with Gasteiger partial charge in [0.25, 0.3) is 0 Å². The van der Waals surface area contributed by atoms with E-state index in [0.29, 0.717) is 0 Å². The molecule has 0 aliphatic carbocycles. The molecule has 0 bridgehead atoms. The molecule has 0 spiro atoms. The van der Waals surface area contributed by atoms with Crippen LogP contribution in [0.15, 0.2) is 36.7 Å². The van der Waals surface area contributed by atoms with Gasteiger partial charge in [0.1, 0.15) is 12.6 Å². The fraction of sp³-hybridized carbons (Fsp3) is 0.154. The molecule has 3 aromatic rings. The van der Waals surface area contributed by atoms with Gasteiger partial charge in [-0.25, -0.2) is 4.57 Å². The molecule has 74 valence electrons. The number of nitrogens with one attached hydrogen (secondary N) is 1. The van der Waals surface area contributed by atoms with Gasteiger partial charge in [0.05, 0.1) is 0 Å². The first-order chi connectivity index (χ1) is 7.24. The number of benzene rings is 1. The summed E-state index contributed by atoms with van der Waals surface area (Å²) >= 11 is 0. The highest BCUT2D eigenvalue weighted by Crippen LogP contribution is 2.24. The Kier molecular flexibility index (Phi) is 1.60. The standard InChI is InChI=1S/C13H12N2/c1-9-3-4-12-11(7-9)10-5-6-15(2)8-13(10)14-12/h3-8H,1-2H3/p+1. The van der Waals surface area contributed by atoms with Gasteiger partial charge in [-0.15, -0.1) is 0 Å². The number of aromatic amines is 1. The Bertz CT molecular complexity index is 650. The number of aryl methyl sites for hydroxylation is 2. The molecule has 15 heavy (non-hydrogen) atoms. The Morgan fingerprint density at radius 2 is 1.93 bits per heavy atom. The monoisotopic (exact) mass is 197 g/mol. The molecule has 1 N–H and O–H groups in total. The first-order valence-corrected chi connectivity index (χ1v) is 5.11. The van der Waals surface area contributed by atoms with Crippen molar-refractivity contribution in [3.8, 4) is 0 Å². The van der Waals surface area contributed by atoms with Crippen LogP contribution in [0.1, 0.15) is 5.56 Å². The first-order valence-electron chi connectivity index (χ1n) is 5.11. The van der Waals surface area contributed by atoms with Crippen LogP contribution in [0.25, 0.3) is 21.8 Å². The number of rotatable bonds is 0. The molecule has 0 saturated heterocycles. The lowest BCUT2D eigenvalue weighted by Gasteiger charge is -1.92. The minimum Gasteiger partial charge on any atom is -0.350 e. The molecule has 0 atom stereocenters. The third-order valence-electron chi connectivity index (χ3n) is 2.83. The van der Waals surface area contributed by atoms with E-state index in [1.165, 1.54) is 27.4 Å². The summed E-state index contributed by atoms with van der Waals surface area (Å²) in [5.41, 5.74) is 3.71. The molecule has 2 heterocycles. The van der Waals surface area contributed by atoms with Gasteiger partial charge >= 0.3 is 0 Å². The van der Waals surface area contributed by atoms with Crippen molar-refractivity contribution in [2.24, 2.45) is 7.05 Å². The molecule has 0 aliphatic rings. The summed E-state index contributed by atoms with van der Waals surface area (Å²) in [6.07, 6.45) is 4.20. The fourth-order valence-corrected chi connectivity index (χ4v) is 2.07. The third kappa shape index (κ3) is 1.22. The zero-order chi connectivity index (χ0) is 10.4. The Labute approximate surface area is 88.2 Å². The Morgan fingerprint density at radius 3 is 2.80 bits per heavy atom. The van der Waals surface area contributed by atoms with Crippen LogP contribution in [0.5, 0.6) is 0 Å². The maximum atomic E-state index is 3.43. The van der Waals surface area contributed by atoms with Crippen LogP contribution in [0.3, 0.4) is 0 Å². The molecule has 0 fully saturated rings. The third-order valence-corrected chi connectivity index (χ3v) is 2.83. The number of aromatic nitrogens is 2. The lowest BCUT2D eigenvalue weighted by atomic mass is 10.1. The van der Waals surface area contributed by atoms with Gasteiger partial charge in [-0.05, 0) is 19.1 Å². The second kappa shape index (κ2) is 2.83. The van der Waals surface area contributed by atoms with Crippen molar-refractivity contribution in [1.82, 2.24) is 4.98 Å². The summed E-state index contributed by atoms with van der Waals surface area (Å²) in [6, 6.07) is 8.67. The largest absolute Gasteiger partial charge is 0.350 e. The fourth-order valence-electron chi connectivity index (χ4n) is 2.07. The highest BCUT2D eigenvalue weighted by Gasteiger charge is 2.06. The summed E-state index contributed by atoms with van der Waals surface area (Å²) < 4.78 is 2.06. The van der Waals surface area contributed by atoms with Crippen LogP contribution in [0.4, 0.5) is 0 Å². The van der Waals surface area contributed by atoms with Crippen molar-refractivity contribution in [3.05, 3.63) is 42.2 Å². The van der Waals surface area contributed by atoms with Crippen molar-refractivity contribution in [2.75, 3.05) is 0 Å². The van der Waals surface area contributed by atoms with Crippen molar-refractivity contribution in [1.29, 1.82) is 0 Å². The molecule has 2 heteroatoms. The van der Waals surface area contributed by atoms with Crippen molar-refractivity contribution in [3.63, 3.8) is 0 Å². The molecular formula is C13H13N2+. The molecule has 0 radical (unpaired) electrons. The summed E-state index contributed by atoms with van der Waals surface area (Å²) in [5, 5.41) is 2.61. The van der Waals surface area contributed by atoms with E-state index in [0.717, 1.165) is 0 Å². The Morgan fingerprint density at radius 1 is 1.07 bits per heavy atom. The number of hydrogen-bond donors (Lipinski definition) is 1. The first kappa shape index (κ1) is 8.48. The van der Waals surface area contributed by atoms with E-state index in [4.69, 9.17) is 0 Å². The van der Waals surface area contributed by atoms with Gasteiger partial charge in [0, 0.05) is 22.4 Å². The second-order valence-corrected chi connectivity index (χ2v) is 4.11. The van der Waals surface area contributed by atoms with E-state index in [1.54, 1.807) is 0 Å². The normalized spacial score (nSPS) is 11.3. The maximum Gasteiger partial charge on any atom is 0.192 e. The van der Waals surface area contributed by atoms with E-state index in [9.17, 15) is 0 Å². The molecule has 0 aliphatic heterocycles. The van der Waals surface area contributed by atoms with Crippen LogP contribution >= 0.6 is 0 Å². The minimum atomic E-state index is 1.20. The number of hydrogen-bond acceptors (Lipinski definition) is 0. The maximum absolute atomic E-state index is 3.43. The average molecular weight is 197 g/mol. The molecule has 0 saturated carbocycles. The predicted octanol–water partition coefficient (Wildman–Crippen LogP) is 2.45. The van der Waals surface area contributed by atoms with Crippen LogP contribution in [0.2, 0.25) is 0 Å². The number of fused-ring (bicyclic) bond motifs is 3. The van der Waals surface area contributed by atoms with Gasteiger partial charge in [-0.2, -0.15) is 0 Å². The number of H-pyrrole nitrogens is 1. The van der Waals surface area contributed by atoms with E-state index in [2.05, 4.69) is 53.1 Å². The smallest absolute Gasteiger partial charge is 0.192 e. The van der Waals surface area contributed by atoms with E-state index in [-0.39, 0.29) is 0 Å². The Balaban J connectivity index is 2.53. The van der Waals surface area contributed by atoms with Gasteiger partial charge in [0.2, 0.25) is 0 Å². The van der Waals surface area contributed by atoms with E-state index < -0.39 is 0 Å². The van der Waals surface area contributed by atoms with Crippen LogP contribution < -0.4 is 4.57 Å². The highest BCUT2D eigenvalue weighted by molar-refractivity contribution is 6.06. The van der Waals surface area contributed by atoms with Gasteiger partial charge in [-0.1, -0.05) is 11.6 Å². The molecule has 0 amide bonds. The molecule has 1 aromatic carbocycles. The van der Waals surface area contributed by atoms with E-state index in [1.807, 2.05) is 7.05 Å². The summed E-state index contributed by atoms with van der Waals surface area (Å²) in [7, 11) is 2.04. The average Bonchev–Trinajstić information content (AvgIpc) is 2.54. The summed E-state index contributed by atoms with van der Waals surface area (Å²) in [4.78, 5) is 3.43. The number of nitrogens with zero attached hydrogens (tertiary/aromatic N) is 1. The molecule has 2 nitrogen and oxygen atoms in total. The van der Waals surface area contributed by atoms with Crippen molar-refractivity contribution >= 4 is 21.8 Å². The minimum absolute atomic E-state index is 1.20. The summed E-state index contributed by atoms with van der Waals surface area (Å²) in [6.45, 7) is 2.13. The van der Waals surface area contributed by atoms with Crippen molar-refractivity contribution < 1.29 is 4.57 Å². The summed E-state index contributed by atoms with van der Waals surface area (Å²) in [5.74, 6) is 0. The van der Waals surface area contributed by atoms with Crippen LogP contribution in [-0.4, -0.2) is 4.98 Å². The van der Waals surface area contributed by atoms with E-state index >= 15 is 0 Å².